The van der Waals surface area contributed by atoms with Crippen LogP contribution in [0, 0.1) is 23.0 Å². The first kappa shape index (κ1) is 37.4. The first-order valence-electron chi connectivity index (χ1n) is 14.8. The molecule has 2 unspecified atom stereocenters. The summed E-state index contributed by atoms with van der Waals surface area (Å²) < 4.78 is 36.1. The number of hydrogen-bond donors (Lipinski definition) is 4. The molecule has 0 amide bonds. The molecular formula is C33H50F2N6O4. The molecule has 0 radical (unpaired) electrons. The smallest absolute Gasteiger partial charge is 0.324 e. The number of nitrogens with zero attached hydrogens (tertiary/aromatic N) is 4. The molecule has 2 rings (SSSR count). The van der Waals surface area contributed by atoms with Gasteiger partial charge in [-0.3, -0.25) is 14.6 Å². The van der Waals surface area contributed by atoms with E-state index in [1.54, 1.807) is 57.0 Å². The molecule has 6 N–H and O–H groups in total. The van der Waals surface area contributed by atoms with Gasteiger partial charge in [-0.1, -0.05) is 55.3 Å². The number of rotatable bonds is 12. The van der Waals surface area contributed by atoms with E-state index >= 15 is 8.78 Å². The third-order valence-electron chi connectivity index (χ3n) is 8.11. The molecule has 250 valence electrons. The van der Waals surface area contributed by atoms with E-state index in [0.717, 1.165) is 0 Å². The van der Waals surface area contributed by atoms with Crippen molar-refractivity contribution in [3.8, 4) is 0 Å². The Balaban J connectivity index is 2.47. The van der Waals surface area contributed by atoms with Crippen molar-refractivity contribution >= 4 is 17.6 Å². The Morgan fingerprint density at radius 3 is 1.67 bits per heavy atom. The Kier molecular flexibility index (Phi) is 12.1. The topological polar surface area (TPSA) is 150 Å². The number of carbonyl (C=O) groups excluding carboxylic acids is 1. The van der Waals surface area contributed by atoms with Crippen LogP contribution >= 0.6 is 0 Å². The largest absolute Gasteiger partial charge is 0.459 e. The minimum Gasteiger partial charge on any atom is -0.459 e. The lowest BCUT2D eigenvalue weighted by Gasteiger charge is -2.47. The standard InChI is InChI=1S/C33H50F2N6O4/c1-31(2,3)24(17-33(7,8)41(10)19-23-14-12-21(16-26(23)35)29(37)39-44)27(30(42)45-32(4,5)6)40(9)18-22-13-11-20(15-25(22)34)28(36)38-43/h11-16,24,27,43-44H,17-19H2,1-10H3,(H2,36,38)(H2,37,39). The minimum absolute atomic E-state index is 0.0902. The zero-order valence-electron chi connectivity index (χ0n) is 28.2. The molecule has 0 saturated carbocycles. The molecular weight excluding hydrogens is 582 g/mol. The van der Waals surface area contributed by atoms with Gasteiger partial charge in [-0.15, -0.1) is 0 Å². The van der Waals surface area contributed by atoms with Crippen molar-refractivity contribution in [2.24, 2.45) is 33.1 Å². The number of carbonyl (C=O) groups is 1. The van der Waals surface area contributed by atoms with Gasteiger partial charge in [0.05, 0.1) is 0 Å². The number of hydrogen-bond acceptors (Lipinski definition) is 8. The summed E-state index contributed by atoms with van der Waals surface area (Å²) in [5.74, 6) is -2.15. The van der Waals surface area contributed by atoms with Gasteiger partial charge in [0.25, 0.3) is 0 Å². The SMILES string of the molecule is CN(Cc1ccc(C(N)=NO)cc1F)C(C(=O)OC(C)(C)C)C(CC(C)(C)N(C)Cc1ccc(C(N)=NO)cc1F)C(C)(C)C. The summed E-state index contributed by atoms with van der Waals surface area (Å²) in [5, 5.41) is 23.8. The average Bonchev–Trinajstić information content (AvgIpc) is 2.92. The van der Waals surface area contributed by atoms with Crippen molar-refractivity contribution in [2.75, 3.05) is 14.1 Å². The quantitative estimate of drug-likeness (QED) is 0.0814. The highest BCUT2D eigenvalue weighted by molar-refractivity contribution is 5.97. The summed E-state index contributed by atoms with van der Waals surface area (Å²) in [7, 11) is 3.65. The second-order valence-electron chi connectivity index (χ2n) is 14.3. The lowest BCUT2D eigenvalue weighted by atomic mass is 9.69. The fraction of sp³-hybridized carbons (Fsp3) is 0.545. The number of nitrogens with two attached hydrogens (primary N) is 2. The van der Waals surface area contributed by atoms with Crippen molar-refractivity contribution in [1.82, 2.24) is 9.80 Å². The van der Waals surface area contributed by atoms with Crippen LogP contribution in [-0.4, -0.2) is 69.1 Å². The van der Waals surface area contributed by atoms with E-state index < -0.39 is 40.2 Å². The van der Waals surface area contributed by atoms with Crippen molar-refractivity contribution in [1.29, 1.82) is 0 Å². The summed E-state index contributed by atoms with van der Waals surface area (Å²) in [6.45, 7) is 16.0. The van der Waals surface area contributed by atoms with E-state index in [4.69, 9.17) is 26.6 Å². The summed E-state index contributed by atoms with van der Waals surface area (Å²) in [6.07, 6.45) is 0.510. The highest BCUT2D eigenvalue weighted by Crippen LogP contribution is 2.40. The van der Waals surface area contributed by atoms with Crippen LogP contribution in [0.15, 0.2) is 46.7 Å². The summed E-state index contributed by atoms with van der Waals surface area (Å²) in [5.41, 5.74) is 10.8. The van der Waals surface area contributed by atoms with Gasteiger partial charge in [-0.25, -0.2) is 8.78 Å². The lowest BCUT2D eigenvalue weighted by Crippen LogP contribution is -2.54. The summed E-state index contributed by atoms with van der Waals surface area (Å²) in [4.78, 5) is 17.7. The molecule has 10 nitrogen and oxygen atoms in total. The normalized spacial score (nSPS) is 15.0. The van der Waals surface area contributed by atoms with Gasteiger partial charge in [-0.2, -0.15) is 0 Å². The third-order valence-corrected chi connectivity index (χ3v) is 8.11. The van der Waals surface area contributed by atoms with E-state index in [0.29, 0.717) is 17.5 Å². The van der Waals surface area contributed by atoms with Crippen molar-refractivity contribution in [3.63, 3.8) is 0 Å². The van der Waals surface area contributed by atoms with Crippen molar-refractivity contribution < 1.29 is 28.7 Å². The van der Waals surface area contributed by atoms with E-state index in [2.05, 4.69) is 31.1 Å². The Labute approximate surface area is 265 Å². The fourth-order valence-electron chi connectivity index (χ4n) is 5.22. The second kappa shape index (κ2) is 14.6. The maximum Gasteiger partial charge on any atom is 0.324 e. The molecule has 2 aromatic rings. The van der Waals surface area contributed by atoms with Gasteiger partial charge in [0.2, 0.25) is 0 Å². The average molecular weight is 633 g/mol. The maximum atomic E-state index is 15.2. The molecule has 0 aliphatic rings. The van der Waals surface area contributed by atoms with Crippen LogP contribution in [0.25, 0.3) is 0 Å². The third kappa shape index (κ3) is 10.1. The lowest BCUT2D eigenvalue weighted by molar-refractivity contribution is -0.166. The zero-order valence-corrected chi connectivity index (χ0v) is 28.2. The molecule has 0 aliphatic heterocycles. The van der Waals surface area contributed by atoms with Crippen LogP contribution in [0.2, 0.25) is 0 Å². The molecule has 0 bridgehead atoms. The van der Waals surface area contributed by atoms with E-state index in [-0.39, 0.29) is 41.8 Å². The van der Waals surface area contributed by atoms with Crippen LogP contribution in [0.3, 0.4) is 0 Å². The highest BCUT2D eigenvalue weighted by atomic mass is 19.1. The zero-order chi connectivity index (χ0) is 34.5. The number of ether oxygens (including phenoxy) is 1. The van der Waals surface area contributed by atoms with Crippen LogP contribution in [0.4, 0.5) is 8.78 Å². The summed E-state index contributed by atoms with van der Waals surface area (Å²) in [6, 6.07) is 7.96. The Morgan fingerprint density at radius 1 is 0.844 bits per heavy atom. The Morgan fingerprint density at radius 2 is 1.29 bits per heavy atom. The molecule has 0 heterocycles. The van der Waals surface area contributed by atoms with Crippen molar-refractivity contribution in [3.05, 3.63) is 70.3 Å². The van der Waals surface area contributed by atoms with Crippen LogP contribution < -0.4 is 11.5 Å². The Bertz CT molecular complexity index is 1400. The first-order valence-corrected chi connectivity index (χ1v) is 14.8. The summed E-state index contributed by atoms with van der Waals surface area (Å²) >= 11 is 0. The first-order chi connectivity index (χ1) is 20.6. The van der Waals surface area contributed by atoms with Gasteiger partial charge in [0.1, 0.15) is 23.3 Å². The van der Waals surface area contributed by atoms with Gasteiger partial charge >= 0.3 is 5.97 Å². The van der Waals surface area contributed by atoms with E-state index in [1.165, 1.54) is 12.1 Å². The minimum atomic E-state index is -0.767. The van der Waals surface area contributed by atoms with Gasteiger partial charge in [-0.05, 0) is 78.6 Å². The molecule has 0 fully saturated rings. The van der Waals surface area contributed by atoms with E-state index in [1.807, 2.05) is 25.8 Å². The number of halogens is 2. The molecule has 12 heteroatoms. The monoisotopic (exact) mass is 632 g/mol. The van der Waals surface area contributed by atoms with Crippen LogP contribution in [0.5, 0.6) is 0 Å². The Hall–Kier alpha value is -3.77. The van der Waals surface area contributed by atoms with Gasteiger partial charge < -0.3 is 26.6 Å². The fourth-order valence-corrected chi connectivity index (χ4v) is 5.22. The van der Waals surface area contributed by atoms with Crippen LogP contribution in [-0.2, 0) is 22.6 Å². The number of amidine groups is 2. The highest BCUT2D eigenvalue weighted by Gasteiger charge is 2.44. The number of benzene rings is 2. The van der Waals surface area contributed by atoms with Gasteiger partial charge in [0.15, 0.2) is 11.7 Å². The van der Waals surface area contributed by atoms with Crippen molar-refractivity contribution in [2.45, 2.75) is 92.1 Å². The van der Waals surface area contributed by atoms with Crippen LogP contribution in [0.1, 0.15) is 84.1 Å². The number of likely N-dealkylation sites (N-methyl/N-ethyl adjacent to an activating group) is 1. The second-order valence-corrected chi connectivity index (χ2v) is 14.3. The predicted molar refractivity (Wildman–Crippen MR) is 172 cm³/mol. The molecule has 0 saturated heterocycles. The number of oxime groups is 2. The van der Waals surface area contributed by atoms with Gasteiger partial charge in [0, 0.05) is 40.9 Å². The predicted octanol–water partition coefficient (Wildman–Crippen LogP) is 5.26. The molecule has 0 aliphatic carbocycles. The molecule has 45 heavy (non-hydrogen) atoms. The molecule has 2 aromatic carbocycles. The number of esters is 1. The molecule has 2 atom stereocenters. The van der Waals surface area contributed by atoms with E-state index in [9.17, 15) is 4.79 Å². The molecule has 0 spiro atoms. The maximum absolute atomic E-state index is 15.2. The molecule has 0 aromatic heterocycles.